The average Bonchev–Trinajstić information content (AvgIpc) is 2.78. The van der Waals surface area contributed by atoms with Crippen molar-refractivity contribution in [1.82, 2.24) is 4.98 Å². The smallest absolute Gasteiger partial charge is 0.252 e. The van der Waals surface area contributed by atoms with Gasteiger partial charge in [-0.25, -0.2) is 8.78 Å². The lowest BCUT2D eigenvalue weighted by molar-refractivity contribution is 0.191. The van der Waals surface area contributed by atoms with Gasteiger partial charge in [0.15, 0.2) is 17.5 Å². The molecule has 0 aliphatic heterocycles. The van der Waals surface area contributed by atoms with Gasteiger partial charge in [0.05, 0.1) is 0 Å². The Morgan fingerprint density at radius 3 is 2.71 bits per heavy atom. The van der Waals surface area contributed by atoms with Crippen LogP contribution in [0.4, 0.5) is 14.6 Å². The number of hydrogen-bond acceptors (Lipinski definition) is 3. The first kappa shape index (κ1) is 12.1. The molecule has 17 heavy (non-hydrogen) atoms. The van der Waals surface area contributed by atoms with Crippen LogP contribution in [0.5, 0.6) is 5.88 Å². The zero-order valence-electron chi connectivity index (χ0n) is 9.80. The highest BCUT2D eigenvalue weighted by atomic mass is 19.1. The van der Waals surface area contributed by atoms with Gasteiger partial charge in [-0.2, -0.15) is 4.98 Å². The first-order valence-corrected chi connectivity index (χ1v) is 5.97. The largest absolute Gasteiger partial charge is 0.472 e. The number of rotatable bonds is 4. The van der Waals surface area contributed by atoms with Crippen LogP contribution in [0.1, 0.15) is 32.6 Å². The summed E-state index contributed by atoms with van der Waals surface area (Å²) in [4.78, 5) is 3.84. The summed E-state index contributed by atoms with van der Waals surface area (Å²) in [6.07, 6.45) is 4.02. The Labute approximate surface area is 99.2 Å². The molecule has 2 rings (SSSR count). The molecule has 1 aliphatic rings. The molecule has 0 unspecified atom stereocenters. The Kier molecular flexibility index (Phi) is 3.76. The van der Waals surface area contributed by atoms with Crippen LogP contribution in [0.15, 0.2) is 6.07 Å². The molecule has 0 atom stereocenters. The zero-order valence-corrected chi connectivity index (χ0v) is 9.80. The average molecular weight is 242 g/mol. The molecule has 0 amide bonds. The van der Waals surface area contributed by atoms with Gasteiger partial charge < -0.3 is 10.1 Å². The monoisotopic (exact) mass is 242 g/mol. The molecule has 0 saturated heterocycles. The molecule has 1 saturated carbocycles. The summed E-state index contributed by atoms with van der Waals surface area (Å²) >= 11 is 0. The van der Waals surface area contributed by atoms with E-state index in [0.717, 1.165) is 31.7 Å². The van der Waals surface area contributed by atoms with E-state index in [1.54, 1.807) is 0 Å². The molecule has 94 valence electrons. The third kappa shape index (κ3) is 2.84. The van der Waals surface area contributed by atoms with E-state index < -0.39 is 11.6 Å². The van der Waals surface area contributed by atoms with Crippen LogP contribution in [0.3, 0.4) is 0 Å². The summed E-state index contributed by atoms with van der Waals surface area (Å²) in [5.74, 6) is -1.49. The van der Waals surface area contributed by atoms with E-state index in [1.165, 1.54) is 0 Å². The Morgan fingerprint density at radius 1 is 1.35 bits per heavy atom. The fourth-order valence-corrected chi connectivity index (χ4v) is 1.99. The first-order valence-electron chi connectivity index (χ1n) is 5.97. The normalized spacial score (nSPS) is 16.2. The van der Waals surface area contributed by atoms with Gasteiger partial charge in [0.2, 0.25) is 0 Å². The predicted octanol–water partition coefficient (Wildman–Crippen LogP) is 3.11. The second-order valence-corrected chi connectivity index (χ2v) is 4.16. The van der Waals surface area contributed by atoms with E-state index in [1.807, 2.05) is 6.92 Å². The van der Waals surface area contributed by atoms with Crippen molar-refractivity contribution in [2.24, 2.45) is 0 Å². The topological polar surface area (TPSA) is 34.2 Å². The summed E-state index contributed by atoms with van der Waals surface area (Å²) in [7, 11) is 0. The lowest BCUT2D eigenvalue weighted by Gasteiger charge is -2.14. The van der Waals surface area contributed by atoms with E-state index in [0.29, 0.717) is 6.54 Å². The maximum atomic E-state index is 13.5. The Hall–Kier alpha value is -1.39. The van der Waals surface area contributed by atoms with Crippen LogP contribution in [0, 0.1) is 11.6 Å². The number of aromatic nitrogens is 1. The summed E-state index contributed by atoms with van der Waals surface area (Å²) in [5, 5.41) is 2.74. The Morgan fingerprint density at radius 2 is 2.06 bits per heavy atom. The highest BCUT2D eigenvalue weighted by Gasteiger charge is 2.20. The molecule has 0 bridgehead atoms. The number of ether oxygens (including phenoxy) is 1. The lowest BCUT2D eigenvalue weighted by Crippen LogP contribution is -2.14. The highest BCUT2D eigenvalue weighted by molar-refractivity contribution is 5.39. The van der Waals surface area contributed by atoms with Crippen molar-refractivity contribution in [3.05, 3.63) is 17.7 Å². The maximum Gasteiger partial charge on any atom is 0.252 e. The molecule has 0 aromatic carbocycles. The first-order chi connectivity index (χ1) is 8.20. The predicted molar refractivity (Wildman–Crippen MR) is 61.2 cm³/mol. The fraction of sp³-hybridized carbons (Fsp3) is 0.583. The summed E-state index contributed by atoms with van der Waals surface area (Å²) in [5.41, 5.74) is 0. The van der Waals surface area contributed by atoms with Gasteiger partial charge in [0.1, 0.15) is 6.10 Å². The highest BCUT2D eigenvalue weighted by Crippen LogP contribution is 2.26. The third-order valence-corrected chi connectivity index (χ3v) is 2.82. The SMILES string of the molecule is CCNc1nc(OC2CCCC2)c(F)cc1F. The van der Waals surface area contributed by atoms with Gasteiger partial charge in [-0.15, -0.1) is 0 Å². The number of pyridine rings is 1. The molecule has 1 aliphatic carbocycles. The minimum atomic E-state index is -0.740. The lowest BCUT2D eigenvalue weighted by atomic mass is 10.3. The molecule has 0 spiro atoms. The third-order valence-electron chi connectivity index (χ3n) is 2.82. The van der Waals surface area contributed by atoms with E-state index in [4.69, 9.17) is 4.74 Å². The van der Waals surface area contributed by atoms with Gasteiger partial charge in [-0.05, 0) is 32.6 Å². The summed E-state index contributed by atoms with van der Waals surface area (Å²) in [6, 6.07) is 0.815. The van der Waals surface area contributed by atoms with E-state index >= 15 is 0 Å². The minimum Gasteiger partial charge on any atom is -0.472 e. The fourth-order valence-electron chi connectivity index (χ4n) is 1.99. The van der Waals surface area contributed by atoms with Crippen LogP contribution in [0.25, 0.3) is 0 Å². The molecule has 1 N–H and O–H groups in total. The molecule has 1 aromatic rings. The van der Waals surface area contributed by atoms with Crippen LogP contribution in [0.2, 0.25) is 0 Å². The Balaban J connectivity index is 2.16. The molecule has 1 aromatic heterocycles. The van der Waals surface area contributed by atoms with Crippen LogP contribution in [-0.4, -0.2) is 17.6 Å². The molecule has 1 heterocycles. The number of nitrogens with one attached hydrogen (secondary N) is 1. The molecule has 0 radical (unpaired) electrons. The van der Waals surface area contributed by atoms with Crippen molar-refractivity contribution in [2.45, 2.75) is 38.7 Å². The standard InChI is InChI=1S/C12H16F2N2O/c1-2-15-11-9(13)7-10(14)12(16-11)17-8-5-3-4-6-8/h7-8H,2-6H2,1H3,(H,15,16). The van der Waals surface area contributed by atoms with Crippen molar-refractivity contribution < 1.29 is 13.5 Å². The van der Waals surface area contributed by atoms with Crippen LogP contribution < -0.4 is 10.1 Å². The van der Waals surface area contributed by atoms with E-state index in [2.05, 4.69) is 10.3 Å². The van der Waals surface area contributed by atoms with Crippen molar-refractivity contribution in [3.63, 3.8) is 0 Å². The van der Waals surface area contributed by atoms with E-state index in [-0.39, 0.29) is 17.8 Å². The maximum absolute atomic E-state index is 13.5. The summed E-state index contributed by atoms with van der Waals surface area (Å²) in [6.45, 7) is 2.35. The molecule has 5 heteroatoms. The van der Waals surface area contributed by atoms with Crippen molar-refractivity contribution in [1.29, 1.82) is 0 Å². The molecular weight excluding hydrogens is 226 g/mol. The zero-order chi connectivity index (χ0) is 12.3. The van der Waals surface area contributed by atoms with Gasteiger partial charge in [-0.1, -0.05) is 0 Å². The number of nitrogens with zero attached hydrogens (tertiary/aromatic N) is 1. The Bertz CT molecular complexity index is 392. The minimum absolute atomic E-state index is 0.0111. The molecule has 1 fully saturated rings. The molecular formula is C12H16F2N2O. The van der Waals surface area contributed by atoms with Gasteiger partial charge in [0.25, 0.3) is 5.88 Å². The van der Waals surface area contributed by atoms with Crippen molar-refractivity contribution in [2.75, 3.05) is 11.9 Å². The van der Waals surface area contributed by atoms with Crippen LogP contribution in [-0.2, 0) is 0 Å². The van der Waals surface area contributed by atoms with E-state index in [9.17, 15) is 8.78 Å². The number of halogens is 2. The number of anilines is 1. The van der Waals surface area contributed by atoms with Crippen LogP contribution >= 0.6 is 0 Å². The van der Waals surface area contributed by atoms with Crippen molar-refractivity contribution in [3.8, 4) is 5.88 Å². The van der Waals surface area contributed by atoms with Gasteiger partial charge in [-0.3, -0.25) is 0 Å². The quantitative estimate of drug-likeness (QED) is 0.880. The van der Waals surface area contributed by atoms with Gasteiger partial charge in [0, 0.05) is 12.6 Å². The second kappa shape index (κ2) is 5.29. The van der Waals surface area contributed by atoms with Crippen molar-refractivity contribution >= 4 is 5.82 Å². The number of hydrogen-bond donors (Lipinski definition) is 1. The molecule has 3 nitrogen and oxygen atoms in total. The van der Waals surface area contributed by atoms with Gasteiger partial charge >= 0.3 is 0 Å². The second-order valence-electron chi connectivity index (χ2n) is 4.16. The summed E-state index contributed by atoms with van der Waals surface area (Å²) < 4.78 is 32.2.